The number of nitrogens with two attached hydrogens (primary N) is 1. The maximum atomic E-state index is 12.7. The molecule has 3 rings (SSSR count). The molecule has 1 saturated carbocycles. The molecule has 5 nitrogen and oxygen atoms in total. The molecule has 3 N–H and O–H groups in total. The Hall–Kier alpha value is -1.59. The van der Waals surface area contributed by atoms with Crippen LogP contribution in [0.1, 0.15) is 52.5 Å². The molecule has 2 unspecified atom stereocenters. The highest BCUT2D eigenvalue weighted by Gasteiger charge is 2.37. The molecule has 6 heteroatoms. The number of hydrogen-bond acceptors (Lipinski definition) is 3. The topological polar surface area (TPSA) is 72.9 Å². The number of carbonyl (C=O) groups is 1. The second-order valence-corrected chi connectivity index (χ2v) is 7.25. The fourth-order valence-electron chi connectivity index (χ4n) is 3.55. The van der Waals surface area contributed by atoms with E-state index in [0.29, 0.717) is 0 Å². The van der Waals surface area contributed by atoms with E-state index >= 15 is 0 Å². The van der Waals surface area contributed by atoms with E-state index in [9.17, 15) is 4.79 Å². The van der Waals surface area contributed by atoms with Crippen LogP contribution in [0.2, 0.25) is 0 Å². The molecule has 1 aromatic carbocycles. The Morgan fingerprint density at radius 2 is 2.17 bits per heavy atom. The zero-order valence-corrected chi connectivity index (χ0v) is 15.4. The summed E-state index contributed by atoms with van der Waals surface area (Å²) in [4.78, 5) is 12.7. The van der Waals surface area contributed by atoms with Crippen LogP contribution in [0.25, 0.3) is 10.9 Å². The predicted octanol–water partition coefficient (Wildman–Crippen LogP) is 3.89. The van der Waals surface area contributed by atoms with Gasteiger partial charge in [-0.2, -0.15) is 5.10 Å². The molecular weight excluding hydrogens is 324 g/mol. The number of nitrogens with zero attached hydrogens (tertiary/aromatic N) is 2. The van der Waals surface area contributed by atoms with Gasteiger partial charge in [-0.1, -0.05) is 12.8 Å². The first kappa shape index (κ1) is 18.7. The number of fused-ring (bicyclic) bond motifs is 1. The predicted molar refractivity (Wildman–Crippen MR) is 101 cm³/mol. The number of aromatic nitrogens is 2. The zero-order chi connectivity index (χ0) is 16.6. The van der Waals surface area contributed by atoms with Crippen LogP contribution in [-0.4, -0.2) is 21.2 Å². The van der Waals surface area contributed by atoms with Gasteiger partial charge < -0.3 is 11.1 Å². The zero-order valence-electron chi connectivity index (χ0n) is 14.6. The molecule has 1 aliphatic carbocycles. The lowest BCUT2D eigenvalue weighted by molar-refractivity contribution is -0.122. The van der Waals surface area contributed by atoms with Crippen LogP contribution < -0.4 is 11.1 Å². The molecule has 2 atom stereocenters. The van der Waals surface area contributed by atoms with Gasteiger partial charge >= 0.3 is 0 Å². The first-order valence-electron chi connectivity index (χ1n) is 8.45. The minimum absolute atomic E-state index is 0. The van der Waals surface area contributed by atoms with E-state index in [1.165, 1.54) is 0 Å². The quantitative estimate of drug-likeness (QED) is 0.882. The summed E-state index contributed by atoms with van der Waals surface area (Å²) in [5, 5.41) is 8.55. The minimum atomic E-state index is -0.411. The maximum absolute atomic E-state index is 12.7. The maximum Gasteiger partial charge on any atom is 0.229 e. The monoisotopic (exact) mass is 350 g/mol. The van der Waals surface area contributed by atoms with Crippen molar-refractivity contribution in [1.82, 2.24) is 9.78 Å². The highest BCUT2D eigenvalue weighted by molar-refractivity contribution is 5.95. The van der Waals surface area contributed by atoms with Gasteiger partial charge in [0.15, 0.2) is 0 Å². The van der Waals surface area contributed by atoms with Crippen molar-refractivity contribution >= 4 is 34.9 Å². The molecule has 1 aromatic heterocycles. The summed E-state index contributed by atoms with van der Waals surface area (Å²) < 4.78 is 1.97. The first-order chi connectivity index (χ1) is 10.9. The second kappa shape index (κ2) is 7.11. The SMILES string of the molecule is CC(C)n1ncc2ccc(NC(=O)C3CCCCC3(C)N)cc21.Cl. The van der Waals surface area contributed by atoms with Crippen molar-refractivity contribution in [2.75, 3.05) is 5.32 Å². The largest absolute Gasteiger partial charge is 0.326 e. The number of nitrogens with one attached hydrogen (secondary N) is 1. The number of carbonyl (C=O) groups excluding carboxylic acids is 1. The van der Waals surface area contributed by atoms with Gasteiger partial charge in [0.2, 0.25) is 5.91 Å². The molecule has 132 valence electrons. The fraction of sp³-hybridized carbons (Fsp3) is 0.556. The minimum Gasteiger partial charge on any atom is -0.326 e. The second-order valence-electron chi connectivity index (χ2n) is 7.25. The van der Waals surface area contributed by atoms with E-state index in [2.05, 4.69) is 24.3 Å². The van der Waals surface area contributed by atoms with E-state index in [1.807, 2.05) is 36.0 Å². The lowest BCUT2D eigenvalue weighted by Gasteiger charge is -2.37. The van der Waals surface area contributed by atoms with E-state index in [0.717, 1.165) is 42.3 Å². The number of rotatable bonds is 3. The lowest BCUT2D eigenvalue weighted by atomic mass is 9.74. The molecule has 1 amide bonds. The van der Waals surface area contributed by atoms with Gasteiger partial charge in [0.1, 0.15) is 0 Å². The summed E-state index contributed by atoms with van der Waals surface area (Å²) in [5.74, 6) is -0.0911. The van der Waals surface area contributed by atoms with Crippen molar-refractivity contribution in [3.63, 3.8) is 0 Å². The van der Waals surface area contributed by atoms with Gasteiger partial charge in [0.25, 0.3) is 0 Å². The smallest absolute Gasteiger partial charge is 0.229 e. The Morgan fingerprint density at radius 1 is 1.42 bits per heavy atom. The molecule has 0 bridgehead atoms. The van der Waals surface area contributed by atoms with Gasteiger partial charge in [0.05, 0.1) is 17.6 Å². The van der Waals surface area contributed by atoms with Crippen molar-refractivity contribution in [3.8, 4) is 0 Å². The van der Waals surface area contributed by atoms with E-state index in [1.54, 1.807) is 0 Å². The molecule has 1 aliphatic rings. The summed E-state index contributed by atoms with van der Waals surface area (Å²) in [6.45, 7) is 6.19. The van der Waals surface area contributed by atoms with Crippen molar-refractivity contribution in [1.29, 1.82) is 0 Å². The number of amides is 1. The van der Waals surface area contributed by atoms with Crippen molar-refractivity contribution < 1.29 is 4.79 Å². The van der Waals surface area contributed by atoms with Gasteiger partial charge in [-0.05, 0) is 51.8 Å². The third kappa shape index (κ3) is 3.57. The Balaban J connectivity index is 0.00000208. The van der Waals surface area contributed by atoms with Gasteiger partial charge in [0, 0.05) is 22.7 Å². The van der Waals surface area contributed by atoms with Crippen molar-refractivity contribution in [3.05, 3.63) is 24.4 Å². The van der Waals surface area contributed by atoms with E-state index < -0.39 is 5.54 Å². The first-order valence-corrected chi connectivity index (χ1v) is 8.45. The highest BCUT2D eigenvalue weighted by atomic mass is 35.5. The standard InChI is InChI=1S/C18H26N4O.ClH/c1-12(2)22-16-10-14(8-7-13(16)11-20-22)21-17(23)15-6-4-5-9-18(15,3)19;/h7-8,10-12,15H,4-6,9,19H2,1-3H3,(H,21,23);1H. The molecule has 0 aliphatic heterocycles. The van der Waals surface area contributed by atoms with E-state index in [-0.39, 0.29) is 30.3 Å². The summed E-state index contributed by atoms with van der Waals surface area (Å²) in [5.41, 5.74) is 7.78. The Labute approximate surface area is 149 Å². The Bertz CT molecular complexity index is 723. The third-order valence-electron chi connectivity index (χ3n) is 4.93. The Morgan fingerprint density at radius 3 is 2.83 bits per heavy atom. The molecule has 1 fully saturated rings. The summed E-state index contributed by atoms with van der Waals surface area (Å²) in [6.07, 6.45) is 5.81. The molecule has 2 aromatic rings. The summed E-state index contributed by atoms with van der Waals surface area (Å²) >= 11 is 0. The van der Waals surface area contributed by atoms with Crippen LogP contribution in [0.5, 0.6) is 0 Å². The van der Waals surface area contributed by atoms with Crippen LogP contribution >= 0.6 is 12.4 Å². The van der Waals surface area contributed by atoms with Gasteiger partial charge in [-0.25, -0.2) is 0 Å². The summed E-state index contributed by atoms with van der Waals surface area (Å²) in [6, 6.07) is 6.21. The fourth-order valence-corrected chi connectivity index (χ4v) is 3.55. The molecular formula is C18H27ClN4O. The number of anilines is 1. The molecule has 0 spiro atoms. The van der Waals surface area contributed by atoms with Crippen LogP contribution in [0.15, 0.2) is 24.4 Å². The molecule has 1 heterocycles. The molecule has 0 saturated heterocycles. The highest BCUT2D eigenvalue weighted by Crippen LogP contribution is 2.32. The number of halogens is 1. The van der Waals surface area contributed by atoms with Crippen LogP contribution in [0.4, 0.5) is 5.69 Å². The normalized spacial score (nSPS) is 24.0. The van der Waals surface area contributed by atoms with Crippen molar-refractivity contribution in [2.24, 2.45) is 11.7 Å². The van der Waals surface area contributed by atoms with E-state index in [4.69, 9.17) is 5.73 Å². The average molecular weight is 351 g/mol. The number of hydrogen-bond donors (Lipinski definition) is 2. The van der Waals surface area contributed by atoms with Gasteiger partial charge in [-0.15, -0.1) is 12.4 Å². The summed E-state index contributed by atoms with van der Waals surface area (Å²) in [7, 11) is 0. The van der Waals surface area contributed by atoms with Crippen LogP contribution in [-0.2, 0) is 4.79 Å². The van der Waals surface area contributed by atoms with Crippen LogP contribution in [0, 0.1) is 5.92 Å². The molecule has 0 radical (unpaired) electrons. The molecule has 24 heavy (non-hydrogen) atoms. The lowest BCUT2D eigenvalue weighted by Crippen LogP contribution is -2.51. The Kier molecular flexibility index (Phi) is 5.56. The van der Waals surface area contributed by atoms with Gasteiger partial charge in [-0.3, -0.25) is 9.48 Å². The number of benzene rings is 1. The van der Waals surface area contributed by atoms with Crippen LogP contribution in [0.3, 0.4) is 0 Å². The van der Waals surface area contributed by atoms with Crippen molar-refractivity contribution in [2.45, 2.75) is 58.0 Å². The third-order valence-corrected chi connectivity index (χ3v) is 4.93. The average Bonchev–Trinajstić information content (AvgIpc) is 2.89.